The molecule has 0 aromatic heterocycles. The van der Waals surface area contributed by atoms with Crippen LogP contribution >= 0.6 is 11.6 Å². The first-order chi connectivity index (χ1) is 8.36. The molecule has 3 N–H and O–H groups in total. The quantitative estimate of drug-likeness (QED) is 0.869. The van der Waals surface area contributed by atoms with Crippen molar-refractivity contribution in [3.63, 3.8) is 0 Å². The highest BCUT2D eigenvalue weighted by atomic mass is 35.5. The van der Waals surface area contributed by atoms with Gasteiger partial charge in [-0.05, 0) is 36.0 Å². The first-order valence-electron chi connectivity index (χ1n) is 5.84. The number of hydrogen-bond acceptors (Lipinski definition) is 3. The minimum Gasteiger partial charge on any atom is -0.326 e. The molecule has 0 spiro atoms. The van der Waals surface area contributed by atoms with Gasteiger partial charge in [0, 0.05) is 13.1 Å². The Morgan fingerprint density at radius 3 is 2.61 bits per heavy atom. The van der Waals surface area contributed by atoms with E-state index in [0.717, 1.165) is 18.4 Å². The molecule has 4 nitrogen and oxygen atoms in total. The fraction of sp³-hybridized carbons (Fsp3) is 0.500. The van der Waals surface area contributed by atoms with E-state index in [4.69, 9.17) is 17.3 Å². The zero-order chi connectivity index (χ0) is 13.4. The predicted octanol–water partition coefficient (Wildman–Crippen LogP) is 1.88. The smallest absolute Gasteiger partial charge is 0.242 e. The summed E-state index contributed by atoms with van der Waals surface area (Å²) in [5.41, 5.74) is 6.41. The highest BCUT2D eigenvalue weighted by Gasteiger charge is 2.38. The van der Waals surface area contributed by atoms with Crippen molar-refractivity contribution in [3.05, 3.63) is 28.8 Å². The first-order valence-corrected chi connectivity index (χ1v) is 7.71. The van der Waals surface area contributed by atoms with Crippen LogP contribution in [-0.4, -0.2) is 15.0 Å². The molecule has 0 heterocycles. The standard InChI is InChI=1S/C12H17ClN2O2S/c1-12(4-5-12)8-15-18(16,17)11-3-2-9(7-14)6-10(11)13/h2-3,6,15H,4-5,7-8,14H2,1H3. The number of benzene rings is 1. The number of nitrogens with one attached hydrogen (secondary N) is 1. The van der Waals surface area contributed by atoms with E-state index in [-0.39, 0.29) is 15.3 Å². The second kappa shape index (κ2) is 4.81. The van der Waals surface area contributed by atoms with Crippen molar-refractivity contribution in [2.75, 3.05) is 6.54 Å². The van der Waals surface area contributed by atoms with Gasteiger partial charge in [0.05, 0.1) is 5.02 Å². The molecule has 2 rings (SSSR count). The van der Waals surface area contributed by atoms with Gasteiger partial charge in [-0.25, -0.2) is 13.1 Å². The van der Waals surface area contributed by atoms with E-state index in [1.807, 2.05) is 0 Å². The fourth-order valence-corrected chi connectivity index (χ4v) is 3.39. The Bertz CT molecular complexity index is 553. The molecule has 1 saturated carbocycles. The Hall–Kier alpha value is -0.620. The maximum atomic E-state index is 12.1. The molecule has 100 valence electrons. The Labute approximate surface area is 113 Å². The number of rotatable bonds is 5. The minimum absolute atomic E-state index is 0.116. The molecule has 0 atom stereocenters. The molecular weight excluding hydrogens is 272 g/mol. The molecular formula is C12H17ClN2O2S. The Morgan fingerprint density at radius 1 is 1.44 bits per heavy atom. The lowest BCUT2D eigenvalue weighted by molar-refractivity contribution is 0.530. The van der Waals surface area contributed by atoms with Crippen LogP contribution in [0.2, 0.25) is 5.02 Å². The molecule has 6 heteroatoms. The number of sulfonamides is 1. The van der Waals surface area contributed by atoms with Crippen LogP contribution in [0.3, 0.4) is 0 Å². The first kappa shape index (κ1) is 13.8. The van der Waals surface area contributed by atoms with Gasteiger partial charge in [0.25, 0.3) is 0 Å². The maximum absolute atomic E-state index is 12.1. The molecule has 0 bridgehead atoms. The average Bonchev–Trinajstić information content (AvgIpc) is 3.05. The molecule has 0 radical (unpaired) electrons. The highest BCUT2D eigenvalue weighted by molar-refractivity contribution is 7.89. The monoisotopic (exact) mass is 288 g/mol. The number of halogens is 1. The zero-order valence-electron chi connectivity index (χ0n) is 10.2. The van der Waals surface area contributed by atoms with Crippen LogP contribution in [0.1, 0.15) is 25.3 Å². The van der Waals surface area contributed by atoms with Crippen molar-refractivity contribution in [2.24, 2.45) is 11.1 Å². The normalized spacial score (nSPS) is 17.7. The van der Waals surface area contributed by atoms with Crippen molar-refractivity contribution >= 4 is 21.6 Å². The lowest BCUT2D eigenvalue weighted by Gasteiger charge is -2.12. The van der Waals surface area contributed by atoms with E-state index >= 15 is 0 Å². The highest BCUT2D eigenvalue weighted by Crippen LogP contribution is 2.44. The zero-order valence-corrected chi connectivity index (χ0v) is 11.8. The Morgan fingerprint density at radius 2 is 2.11 bits per heavy atom. The SMILES string of the molecule is CC1(CNS(=O)(=O)c2ccc(CN)cc2Cl)CC1. The van der Waals surface area contributed by atoms with Crippen molar-refractivity contribution < 1.29 is 8.42 Å². The summed E-state index contributed by atoms with van der Waals surface area (Å²) in [6.45, 7) is 2.87. The van der Waals surface area contributed by atoms with Crippen LogP contribution in [0.4, 0.5) is 0 Å². The van der Waals surface area contributed by atoms with E-state index in [2.05, 4.69) is 11.6 Å². The largest absolute Gasteiger partial charge is 0.326 e. The summed E-state index contributed by atoms with van der Waals surface area (Å²) in [6, 6.07) is 4.77. The molecule has 18 heavy (non-hydrogen) atoms. The lowest BCUT2D eigenvalue weighted by Crippen LogP contribution is -2.29. The summed E-state index contributed by atoms with van der Waals surface area (Å²) < 4.78 is 26.8. The van der Waals surface area contributed by atoms with Crippen molar-refractivity contribution in [3.8, 4) is 0 Å². The van der Waals surface area contributed by atoms with Gasteiger partial charge < -0.3 is 5.73 Å². The van der Waals surface area contributed by atoms with Gasteiger partial charge in [-0.15, -0.1) is 0 Å². The molecule has 0 aliphatic heterocycles. The summed E-state index contributed by atoms with van der Waals surface area (Å²) in [5.74, 6) is 0. The van der Waals surface area contributed by atoms with Gasteiger partial charge in [0.15, 0.2) is 0 Å². The number of nitrogens with two attached hydrogens (primary N) is 1. The van der Waals surface area contributed by atoms with Crippen LogP contribution in [0.15, 0.2) is 23.1 Å². The Kier molecular flexibility index (Phi) is 3.69. The van der Waals surface area contributed by atoms with Crippen LogP contribution in [-0.2, 0) is 16.6 Å². The van der Waals surface area contributed by atoms with Crippen LogP contribution in [0.25, 0.3) is 0 Å². The van der Waals surface area contributed by atoms with E-state index in [1.54, 1.807) is 12.1 Å². The fourth-order valence-electron chi connectivity index (χ4n) is 1.63. The molecule has 1 aliphatic carbocycles. The minimum atomic E-state index is -3.53. The van der Waals surface area contributed by atoms with E-state index in [9.17, 15) is 8.42 Å². The molecule has 1 fully saturated rings. The second-order valence-electron chi connectivity index (χ2n) is 5.10. The second-order valence-corrected chi connectivity index (χ2v) is 7.25. The molecule has 1 aromatic carbocycles. The Balaban J connectivity index is 2.18. The van der Waals surface area contributed by atoms with Gasteiger partial charge in [-0.3, -0.25) is 0 Å². The van der Waals surface area contributed by atoms with E-state index in [1.165, 1.54) is 6.07 Å². The third-order valence-electron chi connectivity index (χ3n) is 3.31. The predicted molar refractivity (Wildman–Crippen MR) is 71.9 cm³/mol. The molecule has 0 unspecified atom stereocenters. The summed E-state index contributed by atoms with van der Waals surface area (Å²) in [5, 5.41) is 0.214. The van der Waals surface area contributed by atoms with Gasteiger partial charge in [-0.2, -0.15) is 0 Å². The van der Waals surface area contributed by atoms with Crippen LogP contribution < -0.4 is 10.5 Å². The van der Waals surface area contributed by atoms with Gasteiger partial charge in [0.1, 0.15) is 4.90 Å². The van der Waals surface area contributed by atoms with Gasteiger partial charge in [0.2, 0.25) is 10.0 Å². The average molecular weight is 289 g/mol. The van der Waals surface area contributed by atoms with Gasteiger partial charge >= 0.3 is 0 Å². The molecule has 1 aliphatic rings. The third-order valence-corrected chi connectivity index (χ3v) is 5.20. The topological polar surface area (TPSA) is 72.2 Å². The number of hydrogen-bond donors (Lipinski definition) is 2. The van der Waals surface area contributed by atoms with Crippen LogP contribution in [0, 0.1) is 5.41 Å². The summed E-state index contributed by atoms with van der Waals surface area (Å²) in [6.07, 6.45) is 2.13. The summed E-state index contributed by atoms with van der Waals surface area (Å²) in [4.78, 5) is 0.116. The summed E-state index contributed by atoms with van der Waals surface area (Å²) in [7, 11) is -3.53. The van der Waals surface area contributed by atoms with Crippen LogP contribution in [0.5, 0.6) is 0 Å². The van der Waals surface area contributed by atoms with Crippen molar-refractivity contribution in [1.82, 2.24) is 4.72 Å². The van der Waals surface area contributed by atoms with Crippen molar-refractivity contribution in [2.45, 2.75) is 31.2 Å². The third kappa shape index (κ3) is 3.03. The molecule has 1 aromatic rings. The van der Waals surface area contributed by atoms with Crippen molar-refractivity contribution in [1.29, 1.82) is 0 Å². The summed E-state index contributed by atoms with van der Waals surface area (Å²) >= 11 is 5.98. The maximum Gasteiger partial charge on any atom is 0.242 e. The van der Waals surface area contributed by atoms with E-state index in [0.29, 0.717) is 13.1 Å². The molecule has 0 amide bonds. The lowest BCUT2D eigenvalue weighted by atomic mass is 10.2. The van der Waals surface area contributed by atoms with Gasteiger partial charge in [-0.1, -0.05) is 24.6 Å². The molecule has 0 saturated heterocycles. The van der Waals surface area contributed by atoms with E-state index < -0.39 is 10.0 Å².